The van der Waals surface area contributed by atoms with Gasteiger partial charge in [0.1, 0.15) is 17.9 Å². The molecule has 0 saturated heterocycles. The molecule has 128 valence electrons. The standard InChI is InChI=1S/C13H19N3O7/c1-6(4-17)15-11-7(2-10(21)16-13(11)23)14-3-8(19)12(22)9(20)5-18/h4,8-9,12,14,18-20,22H,2-3,5H2,1H3,(H,16,21,23)/t8-,9+,12-/m0/s1. The largest absolute Gasteiger partial charge is 0.394 e. The first-order valence-electron chi connectivity index (χ1n) is 6.76. The topological polar surface area (TPSA) is 169 Å². The molecule has 10 heteroatoms. The van der Waals surface area contributed by atoms with Gasteiger partial charge >= 0.3 is 0 Å². The molecule has 0 bridgehead atoms. The summed E-state index contributed by atoms with van der Waals surface area (Å²) >= 11 is 0. The Balaban J connectivity index is 2.91. The number of aliphatic imine (C=N–C) groups is 1. The molecule has 10 nitrogen and oxygen atoms in total. The maximum atomic E-state index is 11.8. The molecule has 0 aliphatic carbocycles. The fraction of sp³-hybridized carbons (Fsp3) is 0.538. The van der Waals surface area contributed by atoms with Crippen molar-refractivity contribution in [1.29, 1.82) is 0 Å². The van der Waals surface area contributed by atoms with E-state index >= 15 is 0 Å². The summed E-state index contributed by atoms with van der Waals surface area (Å²) in [5, 5.41) is 41.8. The van der Waals surface area contributed by atoms with E-state index in [1.54, 1.807) is 0 Å². The first kappa shape index (κ1) is 18.9. The highest BCUT2D eigenvalue weighted by atomic mass is 16.4. The Kier molecular flexibility index (Phi) is 6.97. The molecule has 0 aromatic rings. The van der Waals surface area contributed by atoms with Gasteiger partial charge in [0, 0.05) is 6.54 Å². The monoisotopic (exact) mass is 329 g/mol. The number of imide groups is 1. The predicted molar refractivity (Wildman–Crippen MR) is 77.1 cm³/mol. The van der Waals surface area contributed by atoms with E-state index in [0.717, 1.165) is 0 Å². The van der Waals surface area contributed by atoms with Crippen LogP contribution in [-0.2, 0) is 14.4 Å². The highest BCUT2D eigenvalue weighted by molar-refractivity contribution is 6.28. The zero-order valence-corrected chi connectivity index (χ0v) is 12.4. The molecule has 0 aromatic carbocycles. The molecule has 0 fully saturated rings. The minimum Gasteiger partial charge on any atom is -0.394 e. The number of aliphatic hydroxyl groups excluding tert-OH is 4. The van der Waals surface area contributed by atoms with Crippen LogP contribution in [0.15, 0.2) is 16.4 Å². The maximum absolute atomic E-state index is 11.8. The van der Waals surface area contributed by atoms with Gasteiger partial charge in [-0.05, 0) is 6.92 Å². The van der Waals surface area contributed by atoms with Crippen LogP contribution in [0.4, 0.5) is 0 Å². The SMILES string of the molecule is CC(C=O)=NC1=C(NC[C@H](O)[C@H](O)[C@H](O)CO)CC(=O)NC1=O. The van der Waals surface area contributed by atoms with Gasteiger partial charge in [-0.25, -0.2) is 4.99 Å². The van der Waals surface area contributed by atoms with Crippen LogP contribution >= 0.6 is 0 Å². The van der Waals surface area contributed by atoms with E-state index in [1.165, 1.54) is 6.92 Å². The molecule has 6 N–H and O–H groups in total. The fourth-order valence-corrected chi connectivity index (χ4v) is 1.79. The van der Waals surface area contributed by atoms with E-state index in [-0.39, 0.29) is 30.1 Å². The van der Waals surface area contributed by atoms with E-state index in [1.807, 2.05) is 5.32 Å². The molecule has 1 aliphatic heterocycles. The molecule has 0 radical (unpaired) electrons. The van der Waals surface area contributed by atoms with Gasteiger partial charge in [-0.2, -0.15) is 0 Å². The highest BCUT2D eigenvalue weighted by Crippen LogP contribution is 2.14. The molecule has 3 atom stereocenters. The molecular formula is C13H19N3O7. The Hall–Kier alpha value is -2.14. The normalized spacial score (nSPS) is 20.0. The molecule has 2 amide bonds. The smallest absolute Gasteiger partial charge is 0.278 e. The summed E-state index contributed by atoms with van der Waals surface area (Å²) in [6.45, 7) is 0.320. The lowest BCUT2D eigenvalue weighted by Gasteiger charge is -2.24. The molecule has 0 unspecified atom stereocenters. The number of amides is 2. The number of carbonyl (C=O) groups is 3. The maximum Gasteiger partial charge on any atom is 0.278 e. The van der Waals surface area contributed by atoms with Gasteiger partial charge in [-0.1, -0.05) is 0 Å². The number of hydrogen-bond acceptors (Lipinski definition) is 9. The molecule has 0 aromatic heterocycles. The van der Waals surface area contributed by atoms with Crippen LogP contribution in [0.5, 0.6) is 0 Å². The number of nitrogens with one attached hydrogen (secondary N) is 2. The average molecular weight is 329 g/mol. The van der Waals surface area contributed by atoms with E-state index in [2.05, 4.69) is 10.3 Å². The van der Waals surface area contributed by atoms with E-state index in [0.29, 0.717) is 6.29 Å². The summed E-state index contributed by atoms with van der Waals surface area (Å²) in [6, 6.07) is 0. The van der Waals surface area contributed by atoms with Crippen LogP contribution in [-0.4, -0.2) is 75.7 Å². The van der Waals surface area contributed by atoms with Crippen LogP contribution < -0.4 is 10.6 Å². The van der Waals surface area contributed by atoms with E-state index < -0.39 is 36.7 Å². The van der Waals surface area contributed by atoms with Crippen molar-refractivity contribution < 1.29 is 34.8 Å². The molecule has 0 saturated carbocycles. The second kappa shape index (κ2) is 8.48. The van der Waals surface area contributed by atoms with Gasteiger partial charge in [0.2, 0.25) is 5.91 Å². The third kappa shape index (κ3) is 5.21. The second-order valence-corrected chi connectivity index (χ2v) is 4.94. The third-order valence-electron chi connectivity index (χ3n) is 3.05. The van der Waals surface area contributed by atoms with Crippen molar-refractivity contribution in [2.75, 3.05) is 13.2 Å². The van der Waals surface area contributed by atoms with Crippen molar-refractivity contribution in [2.45, 2.75) is 31.7 Å². The van der Waals surface area contributed by atoms with Gasteiger partial charge in [-0.15, -0.1) is 0 Å². The van der Waals surface area contributed by atoms with Crippen molar-refractivity contribution in [3.63, 3.8) is 0 Å². The number of carbonyl (C=O) groups excluding carboxylic acids is 3. The Labute approximate surface area is 131 Å². The Morgan fingerprint density at radius 1 is 1.35 bits per heavy atom. The Morgan fingerprint density at radius 3 is 2.57 bits per heavy atom. The quantitative estimate of drug-likeness (QED) is 0.152. The zero-order valence-electron chi connectivity index (χ0n) is 12.4. The highest BCUT2D eigenvalue weighted by Gasteiger charge is 2.28. The molecule has 1 aliphatic rings. The van der Waals surface area contributed by atoms with Crippen LogP contribution in [0, 0.1) is 0 Å². The molecule has 23 heavy (non-hydrogen) atoms. The molecular weight excluding hydrogens is 310 g/mol. The summed E-state index contributed by atoms with van der Waals surface area (Å²) in [6.07, 6.45) is -4.43. The van der Waals surface area contributed by atoms with Crippen LogP contribution in [0.3, 0.4) is 0 Å². The lowest BCUT2D eigenvalue weighted by atomic mass is 10.1. The number of aldehydes is 1. The second-order valence-electron chi connectivity index (χ2n) is 4.94. The number of aliphatic hydroxyl groups is 4. The predicted octanol–water partition coefficient (Wildman–Crippen LogP) is -3.43. The summed E-state index contributed by atoms with van der Waals surface area (Å²) in [5.74, 6) is -1.39. The van der Waals surface area contributed by atoms with Crippen molar-refractivity contribution in [3.05, 3.63) is 11.4 Å². The molecule has 0 spiro atoms. The first-order valence-corrected chi connectivity index (χ1v) is 6.76. The van der Waals surface area contributed by atoms with E-state index in [4.69, 9.17) is 5.11 Å². The fourth-order valence-electron chi connectivity index (χ4n) is 1.79. The lowest BCUT2D eigenvalue weighted by Crippen LogP contribution is -2.46. The van der Waals surface area contributed by atoms with Crippen LogP contribution in [0.2, 0.25) is 0 Å². The van der Waals surface area contributed by atoms with Gasteiger partial charge in [-0.3, -0.25) is 19.7 Å². The lowest BCUT2D eigenvalue weighted by molar-refractivity contribution is -0.129. The summed E-state index contributed by atoms with van der Waals surface area (Å²) in [5.41, 5.74) is -0.0941. The Morgan fingerprint density at radius 2 is 2.00 bits per heavy atom. The Bertz CT molecular complexity index is 544. The molecule has 1 rings (SSSR count). The van der Waals surface area contributed by atoms with Crippen molar-refractivity contribution in [1.82, 2.24) is 10.6 Å². The summed E-state index contributed by atoms with van der Waals surface area (Å²) in [7, 11) is 0. The summed E-state index contributed by atoms with van der Waals surface area (Å²) in [4.78, 5) is 37.6. The number of nitrogens with zero attached hydrogens (tertiary/aromatic N) is 1. The van der Waals surface area contributed by atoms with Crippen molar-refractivity contribution >= 4 is 23.8 Å². The van der Waals surface area contributed by atoms with Crippen molar-refractivity contribution in [2.24, 2.45) is 4.99 Å². The third-order valence-corrected chi connectivity index (χ3v) is 3.05. The van der Waals surface area contributed by atoms with Gasteiger partial charge < -0.3 is 25.7 Å². The van der Waals surface area contributed by atoms with Gasteiger partial charge in [0.05, 0.1) is 30.5 Å². The van der Waals surface area contributed by atoms with E-state index in [9.17, 15) is 29.7 Å². The van der Waals surface area contributed by atoms with Gasteiger partial charge in [0.15, 0.2) is 6.29 Å². The van der Waals surface area contributed by atoms with Crippen LogP contribution in [0.1, 0.15) is 13.3 Å². The zero-order chi connectivity index (χ0) is 17.6. The van der Waals surface area contributed by atoms with Crippen LogP contribution in [0.25, 0.3) is 0 Å². The average Bonchev–Trinajstić information content (AvgIpc) is 2.53. The van der Waals surface area contributed by atoms with Gasteiger partial charge in [0.25, 0.3) is 5.91 Å². The summed E-state index contributed by atoms with van der Waals surface area (Å²) < 4.78 is 0. The number of hydrogen-bond donors (Lipinski definition) is 6. The first-order chi connectivity index (χ1) is 10.8. The van der Waals surface area contributed by atoms with Crippen molar-refractivity contribution in [3.8, 4) is 0 Å². The minimum absolute atomic E-state index is 0.0140. The minimum atomic E-state index is -1.62. The molecule has 1 heterocycles. The number of rotatable bonds is 8.